The summed E-state index contributed by atoms with van der Waals surface area (Å²) < 4.78 is 40.5. The molecule has 9 heteroatoms. The number of halogens is 3. The van der Waals surface area contributed by atoms with Crippen LogP contribution in [0.2, 0.25) is 0 Å². The Hall–Kier alpha value is -4.11. The lowest BCUT2D eigenvalue weighted by atomic mass is 9.90. The first-order chi connectivity index (χ1) is 21.8. The minimum atomic E-state index is -5.29. The molecule has 0 spiro atoms. The maximum absolute atomic E-state index is 14.2. The number of carbonyl (C=O) groups excluding carboxylic acids is 2. The van der Waals surface area contributed by atoms with E-state index in [1.807, 2.05) is 49.4 Å². The first-order valence-electron chi connectivity index (χ1n) is 15.8. The topological polar surface area (TPSA) is 53.1 Å². The van der Waals surface area contributed by atoms with Gasteiger partial charge in [-0.3, -0.25) is 0 Å². The van der Waals surface area contributed by atoms with Crippen LogP contribution in [0.5, 0.6) is 0 Å². The second-order valence-electron chi connectivity index (χ2n) is 12.6. The Morgan fingerprint density at radius 3 is 2.11 bits per heavy atom. The highest BCUT2D eigenvalue weighted by Crippen LogP contribution is 2.33. The van der Waals surface area contributed by atoms with Gasteiger partial charge in [-0.2, -0.15) is 13.2 Å². The molecule has 0 atom stereocenters. The molecular formula is C37H44F3N3O3. The monoisotopic (exact) mass is 635 g/mol. The molecule has 0 aliphatic carbocycles. The number of nitrogens with zero attached hydrogens (tertiary/aromatic N) is 3. The van der Waals surface area contributed by atoms with Gasteiger partial charge in [-0.1, -0.05) is 91.0 Å². The van der Waals surface area contributed by atoms with Crippen molar-refractivity contribution in [3.63, 3.8) is 0 Å². The standard InChI is InChI=1S/C37H44F3N3O3/c1-28(2)32-17-11-18-33(26-32)36(3,4)43(46-34(44)37(38,39)40)35(45)42(27-31-15-9-6-10-16-31)22-12-21-41-23-19-30(20-24-41)25-29-13-7-5-8-14-29/h5-11,13-18,26,30H,1,12,19-25,27H2,2-4H3. The number of carbonyl (C=O) groups is 2. The van der Waals surface area contributed by atoms with E-state index in [-0.39, 0.29) is 13.1 Å². The van der Waals surface area contributed by atoms with E-state index in [4.69, 9.17) is 4.84 Å². The van der Waals surface area contributed by atoms with Crippen molar-refractivity contribution >= 4 is 17.6 Å². The Morgan fingerprint density at radius 2 is 1.52 bits per heavy atom. The average molecular weight is 636 g/mol. The number of allylic oxidation sites excluding steroid dienone is 1. The number of likely N-dealkylation sites (tertiary alicyclic amines) is 1. The number of urea groups is 1. The highest BCUT2D eigenvalue weighted by molar-refractivity contribution is 5.80. The molecule has 3 aromatic rings. The van der Waals surface area contributed by atoms with E-state index < -0.39 is 23.7 Å². The third-order valence-corrected chi connectivity index (χ3v) is 8.61. The van der Waals surface area contributed by atoms with Crippen LogP contribution < -0.4 is 0 Å². The van der Waals surface area contributed by atoms with Crippen LogP contribution >= 0.6 is 0 Å². The van der Waals surface area contributed by atoms with Crippen LogP contribution in [0.15, 0.2) is 91.5 Å². The molecule has 1 aliphatic rings. The van der Waals surface area contributed by atoms with Gasteiger partial charge in [0, 0.05) is 13.1 Å². The van der Waals surface area contributed by atoms with Crippen molar-refractivity contribution in [2.24, 2.45) is 5.92 Å². The molecule has 0 saturated carbocycles. The Morgan fingerprint density at radius 1 is 0.913 bits per heavy atom. The number of rotatable bonds is 11. The lowest BCUT2D eigenvalue weighted by molar-refractivity contribution is -0.244. The summed E-state index contributed by atoms with van der Waals surface area (Å²) in [6.45, 7) is 11.9. The van der Waals surface area contributed by atoms with Gasteiger partial charge >= 0.3 is 18.2 Å². The van der Waals surface area contributed by atoms with Crippen LogP contribution in [0.1, 0.15) is 62.3 Å². The molecule has 246 valence electrons. The van der Waals surface area contributed by atoms with Gasteiger partial charge in [0.05, 0.1) is 0 Å². The van der Waals surface area contributed by atoms with Crippen molar-refractivity contribution in [2.45, 2.75) is 64.7 Å². The predicted molar refractivity (Wildman–Crippen MR) is 174 cm³/mol. The minimum Gasteiger partial charge on any atom is -0.327 e. The molecule has 0 unspecified atom stereocenters. The zero-order valence-electron chi connectivity index (χ0n) is 26.9. The van der Waals surface area contributed by atoms with E-state index in [2.05, 4.69) is 35.7 Å². The first-order valence-corrected chi connectivity index (χ1v) is 15.8. The Labute approximate surface area is 270 Å². The summed E-state index contributed by atoms with van der Waals surface area (Å²) in [5.74, 6) is -1.83. The zero-order valence-corrected chi connectivity index (χ0v) is 26.9. The summed E-state index contributed by atoms with van der Waals surface area (Å²) in [6.07, 6.45) is -1.45. The normalized spacial score (nSPS) is 14.5. The van der Waals surface area contributed by atoms with E-state index in [1.165, 1.54) is 10.5 Å². The van der Waals surface area contributed by atoms with Crippen molar-refractivity contribution in [3.8, 4) is 0 Å². The van der Waals surface area contributed by atoms with E-state index in [0.717, 1.165) is 55.6 Å². The van der Waals surface area contributed by atoms with Crippen LogP contribution in [-0.4, -0.2) is 59.2 Å². The van der Waals surface area contributed by atoms with Crippen LogP contribution in [-0.2, 0) is 28.1 Å². The molecule has 6 nitrogen and oxygen atoms in total. The van der Waals surface area contributed by atoms with Crippen molar-refractivity contribution in [1.29, 1.82) is 0 Å². The van der Waals surface area contributed by atoms with Crippen LogP contribution in [0.25, 0.3) is 5.57 Å². The van der Waals surface area contributed by atoms with Gasteiger partial charge in [0.1, 0.15) is 5.54 Å². The van der Waals surface area contributed by atoms with Crippen LogP contribution in [0.4, 0.5) is 18.0 Å². The second-order valence-corrected chi connectivity index (χ2v) is 12.6. The van der Waals surface area contributed by atoms with E-state index >= 15 is 0 Å². The van der Waals surface area contributed by atoms with Crippen molar-refractivity contribution in [3.05, 3.63) is 114 Å². The summed E-state index contributed by atoms with van der Waals surface area (Å²) in [5, 5.41) is 0.582. The highest BCUT2D eigenvalue weighted by Gasteiger charge is 2.47. The summed E-state index contributed by atoms with van der Waals surface area (Å²) >= 11 is 0. The number of benzene rings is 3. The maximum Gasteiger partial charge on any atom is 0.493 e. The van der Waals surface area contributed by atoms with Gasteiger partial charge in [0.2, 0.25) is 0 Å². The van der Waals surface area contributed by atoms with E-state index in [0.29, 0.717) is 23.0 Å². The fourth-order valence-electron chi connectivity index (χ4n) is 5.83. The van der Waals surface area contributed by atoms with Crippen molar-refractivity contribution < 1.29 is 27.6 Å². The highest BCUT2D eigenvalue weighted by atomic mass is 19.4. The SMILES string of the molecule is C=C(C)c1cccc(C(C)(C)N(OC(=O)C(F)(F)F)C(=O)N(CCCN2CCC(Cc3ccccc3)CC2)Cc2ccccc2)c1. The van der Waals surface area contributed by atoms with Crippen molar-refractivity contribution in [2.75, 3.05) is 26.2 Å². The second kappa shape index (κ2) is 15.5. The first kappa shape index (κ1) is 34.8. The Bertz CT molecular complexity index is 1450. The molecule has 2 amide bonds. The Balaban J connectivity index is 1.51. The fraction of sp³-hybridized carbons (Fsp3) is 0.405. The number of alkyl halides is 3. The van der Waals surface area contributed by atoms with Gasteiger partial charge < -0.3 is 14.6 Å². The molecule has 1 saturated heterocycles. The lowest BCUT2D eigenvalue weighted by Gasteiger charge is -2.40. The molecule has 0 radical (unpaired) electrons. The number of amides is 2. The third-order valence-electron chi connectivity index (χ3n) is 8.61. The minimum absolute atomic E-state index is 0.140. The number of hydroxylamine groups is 2. The van der Waals surface area contributed by atoms with Crippen molar-refractivity contribution in [1.82, 2.24) is 14.9 Å². The average Bonchev–Trinajstić information content (AvgIpc) is 3.04. The zero-order chi connectivity index (χ0) is 33.3. The number of hydrogen-bond acceptors (Lipinski definition) is 4. The van der Waals surface area contributed by atoms with Crippen LogP contribution in [0, 0.1) is 5.92 Å². The fourth-order valence-corrected chi connectivity index (χ4v) is 5.83. The lowest BCUT2D eigenvalue weighted by Crippen LogP contribution is -2.54. The molecule has 1 aliphatic heterocycles. The third kappa shape index (κ3) is 9.45. The molecule has 3 aromatic carbocycles. The summed E-state index contributed by atoms with van der Waals surface area (Å²) in [4.78, 5) is 35.2. The van der Waals surface area contributed by atoms with Gasteiger partial charge in [0.25, 0.3) is 0 Å². The maximum atomic E-state index is 14.2. The quantitative estimate of drug-likeness (QED) is 0.199. The predicted octanol–water partition coefficient (Wildman–Crippen LogP) is 8.24. The van der Waals surface area contributed by atoms with Gasteiger partial charge in [-0.15, -0.1) is 5.06 Å². The molecule has 46 heavy (non-hydrogen) atoms. The molecule has 0 bridgehead atoms. The molecule has 0 aromatic heterocycles. The molecule has 1 heterocycles. The van der Waals surface area contributed by atoms with E-state index in [9.17, 15) is 22.8 Å². The largest absolute Gasteiger partial charge is 0.493 e. The van der Waals surface area contributed by atoms with E-state index in [1.54, 1.807) is 32.0 Å². The van der Waals surface area contributed by atoms with Gasteiger partial charge in [0.15, 0.2) is 0 Å². The van der Waals surface area contributed by atoms with Gasteiger partial charge in [-0.05, 0) is 100 Å². The summed E-state index contributed by atoms with van der Waals surface area (Å²) in [6, 6.07) is 25.9. The molecule has 4 rings (SSSR count). The smallest absolute Gasteiger partial charge is 0.327 e. The molecule has 0 N–H and O–H groups in total. The molecule has 1 fully saturated rings. The molecular weight excluding hydrogens is 591 g/mol. The van der Waals surface area contributed by atoms with Crippen LogP contribution in [0.3, 0.4) is 0 Å². The summed E-state index contributed by atoms with van der Waals surface area (Å²) in [7, 11) is 0. The summed E-state index contributed by atoms with van der Waals surface area (Å²) in [5.41, 5.74) is 2.71. The van der Waals surface area contributed by atoms with Gasteiger partial charge in [-0.25, -0.2) is 9.59 Å². The Kier molecular flexibility index (Phi) is 11.7. The number of hydrogen-bond donors (Lipinski definition) is 0. The number of piperidine rings is 1.